The molecule has 0 spiro atoms. The molecule has 0 amide bonds. The third-order valence-electron chi connectivity index (χ3n) is 3.79. The number of anilines is 1. The van der Waals surface area contributed by atoms with E-state index in [1.807, 2.05) is 32.1 Å². The highest BCUT2D eigenvalue weighted by atomic mass is 16.5. The smallest absolute Gasteiger partial charge is 0.185 e. The zero-order valence-electron chi connectivity index (χ0n) is 15.3. The Kier molecular flexibility index (Phi) is 7.03. The van der Waals surface area contributed by atoms with Gasteiger partial charge in [-0.1, -0.05) is 12.1 Å². The molecule has 0 aliphatic heterocycles. The van der Waals surface area contributed by atoms with Crippen LogP contribution in [0.2, 0.25) is 0 Å². The van der Waals surface area contributed by atoms with Crippen molar-refractivity contribution in [2.75, 3.05) is 18.9 Å². The fourth-order valence-corrected chi connectivity index (χ4v) is 2.60. The summed E-state index contributed by atoms with van der Waals surface area (Å²) in [5.74, 6) is 1.30. The van der Waals surface area contributed by atoms with Crippen LogP contribution in [0.25, 0.3) is 6.08 Å². The van der Waals surface area contributed by atoms with E-state index in [1.54, 1.807) is 30.3 Å². The number of ether oxygens (including phenoxy) is 2. The maximum atomic E-state index is 12.5. The van der Waals surface area contributed by atoms with Crippen molar-refractivity contribution in [3.8, 4) is 11.5 Å². The largest absolute Gasteiger partial charge is 0.493 e. The van der Waals surface area contributed by atoms with Crippen LogP contribution in [0.1, 0.15) is 35.3 Å². The molecule has 2 aromatic carbocycles. The third-order valence-corrected chi connectivity index (χ3v) is 3.79. The van der Waals surface area contributed by atoms with Gasteiger partial charge in [-0.2, -0.15) is 0 Å². The van der Waals surface area contributed by atoms with Crippen LogP contribution in [0.15, 0.2) is 55.1 Å². The zero-order valence-corrected chi connectivity index (χ0v) is 15.3. The first-order valence-corrected chi connectivity index (χ1v) is 8.71. The van der Waals surface area contributed by atoms with E-state index in [2.05, 4.69) is 6.58 Å². The topological polar surface area (TPSA) is 61.5 Å². The van der Waals surface area contributed by atoms with E-state index in [0.717, 1.165) is 16.9 Å². The van der Waals surface area contributed by atoms with Gasteiger partial charge in [0, 0.05) is 11.3 Å². The molecule has 26 heavy (non-hydrogen) atoms. The van der Waals surface area contributed by atoms with Gasteiger partial charge in [-0.3, -0.25) is 4.79 Å². The summed E-state index contributed by atoms with van der Waals surface area (Å²) in [5.41, 5.74) is 8.64. The SMILES string of the molecule is C=CCc1ccc(OCC)c(C=CC(=O)c2ccc(N)cc2)c1OCC. The predicted octanol–water partition coefficient (Wildman–Crippen LogP) is 4.69. The molecule has 0 saturated carbocycles. The van der Waals surface area contributed by atoms with Crippen LogP contribution < -0.4 is 15.2 Å². The predicted molar refractivity (Wildman–Crippen MR) is 107 cm³/mol. The van der Waals surface area contributed by atoms with Crippen molar-refractivity contribution < 1.29 is 14.3 Å². The molecular formula is C22H25NO3. The molecule has 0 aliphatic rings. The Morgan fingerprint density at radius 2 is 1.77 bits per heavy atom. The van der Waals surface area contributed by atoms with Gasteiger partial charge in [-0.25, -0.2) is 0 Å². The van der Waals surface area contributed by atoms with Crippen LogP contribution >= 0.6 is 0 Å². The van der Waals surface area contributed by atoms with Crippen LogP contribution in [0.5, 0.6) is 11.5 Å². The summed E-state index contributed by atoms with van der Waals surface area (Å²) in [7, 11) is 0. The molecule has 0 radical (unpaired) electrons. The number of nitrogen functional groups attached to an aromatic ring is 1. The molecule has 0 fully saturated rings. The summed E-state index contributed by atoms with van der Waals surface area (Å²) in [6.07, 6.45) is 5.78. The highest BCUT2D eigenvalue weighted by Gasteiger charge is 2.14. The molecule has 4 nitrogen and oxygen atoms in total. The van der Waals surface area contributed by atoms with E-state index in [4.69, 9.17) is 15.2 Å². The Bertz CT molecular complexity index is 792. The fraction of sp³-hybridized carbons (Fsp3) is 0.227. The van der Waals surface area contributed by atoms with Crippen molar-refractivity contribution in [3.63, 3.8) is 0 Å². The summed E-state index contributed by atoms with van der Waals surface area (Å²) < 4.78 is 11.6. The number of hydrogen-bond acceptors (Lipinski definition) is 4. The van der Waals surface area contributed by atoms with E-state index in [9.17, 15) is 4.79 Å². The number of hydrogen-bond donors (Lipinski definition) is 1. The third kappa shape index (κ3) is 4.76. The minimum absolute atomic E-state index is 0.107. The molecule has 136 valence electrons. The van der Waals surface area contributed by atoms with Gasteiger partial charge < -0.3 is 15.2 Å². The summed E-state index contributed by atoms with van der Waals surface area (Å²) in [4.78, 5) is 12.5. The van der Waals surface area contributed by atoms with Gasteiger partial charge in [-0.05, 0) is 68.3 Å². The molecule has 0 atom stereocenters. The number of allylic oxidation sites excluding steroid dienone is 2. The zero-order chi connectivity index (χ0) is 18.9. The van der Waals surface area contributed by atoms with E-state index >= 15 is 0 Å². The summed E-state index contributed by atoms with van der Waals surface area (Å²) in [6, 6.07) is 10.7. The molecule has 0 bridgehead atoms. The minimum Gasteiger partial charge on any atom is -0.493 e. The van der Waals surface area contributed by atoms with Crippen LogP contribution in [-0.4, -0.2) is 19.0 Å². The molecule has 0 saturated heterocycles. The number of carbonyl (C=O) groups is 1. The first-order valence-electron chi connectivity index (χ1n) is 8.71. The molecule has 4 heteroatoms. The van der Waals surface area contributed by atoms with E-state index < -0.39 is 0 Å². The first-order chi connectivity index (χ1) is 12.6. The second-order valence-electron chi connectivity index (χ2n) is 5.64. The molecule has 2 rings (SSSR count). The van der Waals surface area contributed by atoms with Crippen LogP contribution in [-0.2, 0) is 6.42 Å². The quantitative estimate of drug-likeness (QED) is 0.308. The number of nitrogens with two attached hydrogens (primary N) is 1. The van der Waals surface area contributed by atoms with Crippen molar-refractivity contribution in [2.24, 2.45) is 0 Å². The second kappa shape index (κ2) is 9.47. The Balaban J connectivity index is 2.43. The first kappa shape index (κ1) is 19.3. The van der Waals surface area contributed by atoms with Crippen molar-refractivity contribution >= 4 is 17.5 Å². The fourth-order valence-electron chi connectivity index (χ4n) is 2.60. The number of ketones is 1. The van der Waals surface area contributed by atoms with Gasteiger partial charge >= 0.3 is 0 Å². The van der Waals surface area contributed by atoms with Crippen molar-refractivity contribution in [1.82, 2.24) is 0 Å². The average molecular weight is 351 g/mol. The highest BCUT2D eigenvalue weighted by molar-refractivity contribution is 6.07. The monoisotopic (exact) mass is 351 g/mol. The van der Waals surface area contributed by atoms with Gasteiger partial charge in [0.1, 0.15) is 11.5 Å². The second-order valence-corrected chi connectivity index (χ2v) is 5.64. The lowest BCUT2D eigenvalue weighted by atomic mass is 10.0. The van der Waals surface area contributed by atoms with Crippen molar-refractivity contribution in [2.45, 2.75) is 20.3 Å². The summed E-state index contributed by atoms with van der Waals surface area (Å²) in [6.45, 7) is 8.69. The lowest BCUT2D eigenvalue weighted by Crippen LogP contribution is -2.03. The molecule has 0 aliphatic carbocycles. The Labute approximate surface area is 154 Å². The molecule has 2 aromatic rings. The van der Waals surface area contributed by atoms with Gasteiger partial charge in [0.05, 0.1) is 18.8 Å². The van der Waals surface area contributed by atoms with Crippen LogP contribution in [0.4, 0.5) is 5.69 Å². The van der Waals surface area contributed by atoms with E-state index in [1.165, 1.54) is 6.08 Å². The maximum absolute atomic E-state index is 12.5. The molecule has 0 aromatic heterocycles. The molecule has 0 unspecified atom stereocenters. The lowest BCUT2D eigenvalue weighted by molar-refractivity contribution is 0.104. The van der Waals surface area contributed by atoms with Crippen molar-refractivity contribution in [1.29, 1.82) is 0 Å². The minimum atomic E-state index is -0.107. The van der Waals surface area contributed by atoms with E-state index in [0.29, 0.717) is 36.6 Å². The molecule has 0 heterocycles. The molecule has 2 N–H and O–H groups in total. The van der Waals surface area contributed by atoms with E-state index in [-0.39, 0.29) is 5.78 Å². The van der Waals surface area contributed by atoms with Gasteiger partial charge in [0.2, 0.25) is 0 Å². The Hall–Kier alpha value is -3.01. The van der Waals surface area contributed by atoms with Gasteiger partial charge in [0.15, 0.2) is 5.78 Å². The van der Waals surface area contributed by atoms with Crippen LogP contribution in [0, 0.1) is 0 Å². The number of rotatable bonds is 9. The molecular weight excluding hydrogens is 326 g/mol. The average Bonchev–Trinajstić information content (AvgIpc) is 2.64. The number of benzene rings is 2. The van der Waals surface area contributed by atoms with Crippen molar-refractivity contribution in [3.05, 3.63) is 71.8 Å². The van der Waals surface area contributed by atoms with Gasteiger partial charge in [-0.15, -0.1) is 6.58 Å². The van der Waals surface area contributed by atoms with Gasteiger partial charge in [0.25, 0.3) is 0 Å². The van der Waals surface area contributed by atoms with Crippen LogP contribution in [0.3, 0.4) is 0 Å². The Morgan fingerprint density at radius 1 is 1.08 bits per heavy atom. The maximum Gasteiger partial charge on any atom is 0.185 e. The standard InChI is InChI=1S/C22H25NO3/c1-4-7-17-10-15-21(25-5-2)19(22(17)26-6-3)13-14-20(24)16-8-11-18(23)12-9-16/h4,8-15H,1,5-7,23H2,2-3H3. The highest BCUT2D eigenvalue weighted by Crippen LogP contribution is 2.34. The Morgan fingerprint density at radius 3 is 2.38 bits per heavy atom. The lowest BCUT2D eigenvalue weighted by Gasteiger charge is -2.16. The normalized spacial score (nSPS) is 10.7. The summed E-state index contributed by atoms with van der Waals surface area (Å²) >= 11 is 0. The number of carbonyl (C=O) groups excluding carboxylic acids is 1. The summed E-state index contributed by atoms with van der Waals surface area (Å²) in [5, 5.41) is 0.